The molecule has 0 bridgehead atoms. The van der Waals surface area contributed by atoms with Crippen LogP contribution in [0.4, 0.5) is 0 Å². The van der Waals surface area contributed by atoms with Gasteiger partial charge in [0.25, 0.3) is 0 Å². The van der Waals surface area contributed by atoms with Crippen LogP contribution in [-0.4, -0.2) is 63.0 Å². The van der Waals surface area contributed by atoms with E-state index in [9.17, 15) is 18.3 Å². The number of hydrogen-bond acceptors (Lipinski definition) is 6. The Hall–Kier alpha value is -2.46. The Morgan fingerprint density at radius 3 is 2.06 bits per heavy atom. The molecule has 0 amide bonds. The molecular formula is C25H31NO7S. The Balaban J connectivity index is 1.50. The van der Waals surface area contributed by atoms with Crippen LogP contribution in [0, 0.1) is 5.92 Å². The van der Waals surface area contributed by atoms with Crippen molar-refractivity contribution in [2.45, 2.75) is 48.8 Å². The van der Waals surface area contributed by atoms with Crippen molar-refractivity contribution in [3.8, 4) is 16.9 Å². The molecular weight excluding hydrogens is 458 g/mol. The molecule has 9 heteroatoms. The molecule has 1 unspecified atom stereocenters. The number of likely N-dealkylation sites (N-methyl/N-ethyl adjacent to an activating group) is 1. The zero-order chi connectivity index (χ0) is 24.3. The molecule has 1 saturated carbocycles. The zero-order valence-corrected chi connectivity index (χ0v) is 20.3. The summed E-state index contributed by atoms with van der Waals surface area (Å²) in [6.45, 7) is 1.27. The molecule has 2 aromatic rings. The first-order chi connectivity index (χ1) is 16.3. The van der Waals surface area contributed by atoms with Gasteiger partial charge in [-0.15, -0.1) is 0 Å². The fraction of sp³-hybridized carbons (Fsp3) is 0.480. The number of carboxylic acid groups (broad SMARTS) is 1. The van der Waals surface area contributed by atoms with Crippen molar-refractivity contribution in [1.82, 2.24) is 4.31 Å². The van der Waals surface area contributed by atoms with Gasteiger partial charge in [0, 0.05) is 19.9 Å². The summed E-state index contributed by atoms with van der Waals surface area (Å²) in [4.78, 5) is 12.3. The summed E-state index contributed by atoms with van der Waals surface area (Å²) in [7, 11) is -1.06. The molecule has 0 aromatic heterocycles. The standard InChI is InChI=1S/C25H31NO7S/c1-26(23(24(27)28)20-12-14-25(15-13-20)32-16-3-17-33-25)34(29,30)22-10-6-19(7-11-22)18-4-8-21(31-2)9-5-18/h4-11,20,23H,3,12-17H2,1-2H3,(H,27,28). The number of ether oxygens (including phenoxy) is 3. The van der Waals surface area contributed by atoms with Crippen molar-refractivity contribution in [2.24, 2.45) is 5.92 Å². The molecule has 2 aliphatic rings. The number of aliphatic carboxylic acids is 1. The maximum Gasteiger partial charge on any atom is 0.322 e. The minimum absolute atomic E-state index is 0.0599. The van der Waals surface area contributed by atoms with Crippen LogP contribution in [0.2, 0.25) is 0 Å². The number of carboxylic acids is 1. The third kappa shape index (κ3) is 4.98. The van der Waals surface area contributed by atoms with E-state index in [4.69, 9.17) is 14.2 Å². The van der Waals surface area contributed by atoms with Crippen LogP contribution in [0.1, 0.15) is 32.1 Å². The lowest BCUT2D eigenvalue weighted by Crippen LogP contribution is -2.51. The lowest BCUT2D eigenvalue weighted by atomic mass is 9.80. The third-order valence-electron chi connectivity index (χ3n) is 6.86. The van der Waals surface area contributed by atoms with E-state index < -0.39 is 27.8 Å². The highest BCUT2D eigenvalue weighted by atomic mass is 32.2. The molecule has 1 aliphatic carbocycles. The maximum absolute atomic E-state index is 13.3. The molecule has 0 radical (unpaired) electrons. The number of sulfonamides is 1. The monoisotopic (exact) mass is 489 g/mol. The third-order valence-corrected chi connectivity index (χ3v) is 8.71. The highest BCUT2D eigenvalue weighted by molar-refractivity contribution is 7.89. The minimum Gasteiger partial charge on any atom is -0.497 e. The molecule has 184 valence electrons. The van der Waals surface area contributed by atoms with Gasteiger partial charge in [-0.2, -0.15) is 4.31 Å². The molecule has 2 aromatic carbocycles. The number of carbonyl (C=O) groups is 1. The number of nitrogens with zero attached hydrogens (tertiary/aromatic N) is 1. The summed E-state index contributed by atoms with van der Waals surface area (Å²) >= 11 is 0. The average Bonchev–Trinajstić information content (AvgIpc) is 2.86. The second-order valence-electron chi connectivity index (χ2n) is 8.86. The van der Waals surface area contributed by atoms with Gasteiger partial charge in [0.05, 0.1) is 25.2 Å². The molecule has 1 heterocycles. The molecule has 8 nitrogen and oxygen atoms in total. The summed E-state index contributed by atoms with van der Waals surface area (Å²) in [5, 5.41) is 9.96. The molecule has 1 spiro atoms. The summed E-state index contributed by atoms with van der Waals surface area (Å²) < 4.78 is 44.6. The second kappa shape index (κ2) is 10.0. The normalized spacial score (nSPS) is 19.7. The van der Waals surface area contributed by atoms with E-state index in [1.165, 1.54) is 19.2 Å². The number of hydrogen-bond donors (Lipinski definition) is 1. The van der Waals surface area contributed by atoms with Gasteiger partial charge in [0.1, 0.15) is 11.8 Å². The minimum atomic E-state index is -4.01. The van der Waals surface area contributed by atoms with E-state index in [-0.39, 0.29) is 10.8 Å². The van der Waals surface area contributed by atoms with Crippen molar-refractivity contribution in [2.75, 3.05) is 27.4 Å². The van der Waals surface area contributed by atoms with E-state index >= 15 is 0 Å². The smallest absolute Gasteiger partial charge is 0.322 e. The predicted molar refractivity (Wildman–Crippen MR) is 126 cm³/mol. The average molecular weight is 490 g/mol. The van der Waals surface area contributed by atoms with E-state index in [0.717, 1.165) is 27.6 Å². The van der Waals surface area contributed by atoms with Gasteiger partial charge in [-0.3, -0.25) is 4.79 Å². The van der Waals surface area contributed by atoms with Crippen LogP contribution in [0.3, 0.4) is 0 Å². The molecule has 2 fully saturated rings. The number of methoxy groups -OCH3 is 1. The number of rotatable bonds is 7. The van der Waals surface area contributed by atoms with Gasteiger partial charge >= 0.3 is 5.97 Å². The first-order valence-corrected chi connectivity index (χ1v) is 12.9. The Bertz CT molecular complexity index is 1080. The van der Waals surface area contributed by atoms with Crippen molar-refractivity contribution in [1.29, 1.82) is 0 Å². The van der Waals surface area contributed by atoms with Crippen molar-refractivity contribution >= 4 is 16.0 Å². The first-order valence-electron chi connectivity index (χ1n) is 11.5. The van der Waals surface area contributed by atoms with Gasteiger partial charge in [-0.05, 0) is 60.6 Å². The van der Waals surface area contributed by atoms with Crippen molar-refractivity contribution < 1.29 is 32.5 Å². The fourth-order valence-corrected chi connectivity index (χ4v) is 6.25. The Morgan fingerprint density at radius 1 is 1.03 bits per heavy atom. The summed E-state index contributed by atoms with van der Waals surface area (Å²) in [6, 6.07) is 12.8. The lowest BCUT2D eigenvalue weighted by molar-refractivity contribution is -0.283. The van der Waals surface area contributed by atoms with Crippen LogP contribution in [0.25, 0.3) is 11.1 Å². The first kappa shape index (κ1) is 24.7. The van der Waals surface area contributed by atoms with Crippen LogP contribution >= 0.6 is 0 Å². The SMILES string of the molecule is COc1ccc(-c2ccc(S(=O)(=O)N(C)C(C(=O)O)C3CCC4(CC3)OCCCO4)cc2)cc1. The predicted octanol–water partition coefficient (Wildman–Crippen LogP) is 3.76. The number of benzene rings is 2. The van der Waals surface area contributed by atoms with E-state index in [1.807, 2.05) is 24.3 Å². The van der Waals surface area contributed by atoms with Gasteiger partial charge in [-0.1, -0.05) is 24.3 Å². The molecule has 1 aliphatic heterocycles. The van der Waals surface area contributed by atoms with E-state index in [1.54, 1.807) is 19.2 Å². The molecule has 4 rings (SSSR count). The Kier molecular flexibility index (Phi) is 7.28. The Labute approximate surface area is 200 Å². The quantitative estimate of drug-likeness (QED) is 0.632. The van der Waals surface area contributed by atoms with Crippen LogP contribution in [0.5, 0.6) is 5.75 Å². The summed E-state index contributed by atoms with van der Waals surface area (Å²) in [5.74, 6) is -1.38. The van der Waals surface area contributed by atoms with Crippen LogP contribution < -0.4 is 4.74 Å². The maximum atomic E-state index is 13.3. The molecule has 1 N–H and O–H groups in total. The van der Waals surface area contributed by atoms with Crippen molar-refractivity contribution in [3.05, 3.63) is 48.5 Å². The molecule has 1 atom stereocenters. The lowest BCUT2D eigenvalue weighted by Gasteiger charge is -2.44. The topological polar surface area (TPSA) is 102 Å². The van der Waals surface area contributed by atoms with Gasteiger partial charge in [-0.25, -0.2) is 8.42 Å². The highest BCUT2D eigenvalue weighted by Gasteiger charge is 2.45. The summed E-state index contributed by atoms with van der Waals surface area (Å²) in [6.07, 6.45) is 3.01. The largest absolute Gasteiger partial charge is 0.497 e. The highest BCUT2D eigenvalue weighted by Crippen LogP contribution is 2.40. The van der Waals surface area contributed by atoms with Crippen LogP contribution in [0.15, 0.2) is 53.4 Å². The summed E-state index contributed by atoms with van der Waals surface area (Å²) in [5.41, 5.74) is 1.77. The van der Waals surface area contributed by atoms with E-state index in [2.05, 4.69) is 0 Å². The van der Waals surface area contributed by atoms with Crippen LogP contribution in [-0.2, 0) is 24.3 Å². The Morgan fingerprint density at radius 2 is 1.56 bits per heavy atom. The van der Waals surface area contributed by atoms with Gasteiger partial charge < -0.3 is 19.3 Å². The van der Waals surface area contributed by atoms with Gasteiger partial charge in [0.2, 0.25) is 10.0 Å². The zero-order valence-electron chi connectivity index (χ0n) is 19.5. The molecule has 34 heavy (non-hydrogen) atoms. The van der Waals surface area contributed by atoms with E-state index in [0.29, 0.717) is 38.9 Å². The van der Waals surface area contributed by atoms with Crippen molar-refractivity contribution in [3.63, 3.8) is 0 Å². The second-order valence-corrected chi connectivity index (χ2v) is 10.9. The van der Waals surface area contributed by atoms with Gasteiger partial charge in [0.15, 0.2) is 5.79 Å². The molecule has 1 saturated heterocycles. The fourth-order valence-electron chi connectivity index (χ4n) is 4.87.